The fraction of sp³-hybridized carbons (Fsp3) is 1.00. The lowest BCUT2D eigenvalue weighted by molar-refractivity contribution is -0.187. The van der Waals surface area contributed by atoms with E-state index < -0.39 is 11.2 Å². The van der Waals surface area contributed by atoms with Crippen LogP contribution < -0.4 is 0 Å². The fourth-order valence-electron chi connectivity index (χ4n) is 4.84. The second-order valence-electron chi connectivity index (χ2n) is 8.31. The van der Waals surface area contributed by atoms with Crippen molar-refractivity contribution in [3.63, 3.8) is 0 Å². The van der Waals surface area contributed by atoms with Crippen LogP contribution in [0, 0.1) is 5.92 Å². The zero-order chi connectivity index (χ0) is 15.4. The lowest BCUT2D eigenvalue weighted by Crippen LogP contribution is -2.57. The van der Waals surface area contributed by atoms with E-state index in [1.807, 2.05) is 11.8 Å². The van der Waals surface area contributed by atoms with Gasteiger partial charge in [0.05, 0.1) is 22.4 Å². The Morgan fingerprint density at radius 2 is 1.76 bits per heavy atom. The zero-order valence-electron chi connectivity index (χ0n) is 13.9. The molecule has 0 amide bonds. The van der Waals surface area contributed by atoms with Crippen molar-refractivity contribution >= 4 is 11.8 Å². The van der Waals surface area contributed by atoms with Crippen LogP contribution in [-0.2, 0) is 9.47 Å². The minimum absolute atomic E-state index is 0.0205. The Kier molecular flexibility index (Phi) is 3.92. The summed E-state index contributed by atoms with van der Waals surface area (Å²) < 4.78 is 12.4. The van der Waals surface area contributed by atoms with Gasteiger partial charge in [-0.2, -0.15) is 11.8 Å². The highest BCUT2D eigenvalue weighted by Gasteiger charge is 2.61. The lowest BCUT2D eigenvalue weighted by atomic mass is 9.66. The molecule has 1 N–H and O–H groups in total. The maximum Gasteiger partial charge on any atom is 0.0987 e. The molecule has 0 saturated carbocycles. The van der Waals surface area contributed by atoms with Crippen molar-refractivity contribution in [2.75, 3.05) is 18.1 Å². The van der Waals surface area contributed by atoms with E-state index in [9.17, 15) is 5.11 Å². The molecule has 0 aromatic carbocycles. The molecule has 122 valence electrons. The van der Waals surface area contributed by atoms with Crippen molar-refractivity contribution in [2.24, 2.45) is 5.92 Å². The standard InChI is InChI=1S/C17H30O3S/c1-14(2)12-17(18,15(3,4)20-14)13-5-8-19-16(11-13)6-9-21-10-7-16/h13,18H,5-12H2,1-4H3. The molecule has 0 aromatic rings. The van der Waals surface area contributed by atoms with E-state index >= 15 is 0 Å². The molecule has 0 aromatic heterocycles. The van der Waals surface area contributed by atoms with Crippen LogP contribution in [-0.4, -0.2) is 45.6 Å². The van der Waals surface area contributed by atoms with Gasteiger partial charge in [0.2, 0.25) is 0 Å². The Labute approximate surface area is 133 Å². The molecule has 3 rings (SSSR count). The highest BCUT2D eigenvalue weighted by atomic mass is 32.2. The topological polar surface area (TPSA) is 38.7 Å². The third-order valence-corrected chi connectivity index (χ3v) is 6.83. The largest absolute Gasteiger partial charge is 0.386 e. The van der Waals surface area contributed by atoms with E-state index in [0.717, 1.165) is 38.7 Å². The van der Waals surface area contributed by atoms with Crippen molar-refractivity contribution in [1.29, 1.82) is 0 Å². The Morgan fingerprint density at radius 3 is 2.33 bits per heavy atom. The first kappa shape index (κ1) is 16.1. The minimum Gasteiger partial charge on any atom is -0.386 e. The van der Waals surface area contributed by atoms with Crippen molar-refractivity contribution in [1.82, 2.24) is 0 Å². The van der Waals surface area contributed by atoms with Crippen LogP contribution in [0.3, 0.4) is 0 Å². The van der Waals surface area contributed by atoms with Gasteiger partial charge in [-0.3, -0.25) is 0 Å². The maximum absolute atomic E-state index is 11.5. The van der Waals surface area contributed by atoms with Gasteiger partial charge < -0.3 is 14.6 Å². The summed E-state index contributed by atoms with van der Waals surface area (Å²) in [4.78, 5) is 0. The van der Waals surface area contributed by atoms with Gasteiger partial charge in [0.25, 0.3) is 0 Å². The highest BCUT2D eigenvalue weighted by molar-refractivity contribution is 7.99. The lowest BCUT2D eigenvalue weighted by Gasteiger charge is -2.50. The average molecular weight is 314 g/mol. The van der Waals surface area contributed by atoms with Crippen molar-refractivity contribution in [3.8, 4) is 0 Å². The normalized spacial score (nSPS) is 41.3. The predicted octanol–water partition coefficient (Wildman–Crippen LogP) is 3.39. The van der Waals surface area contributed by atoms with Crippen LogP contribution in [0.15, 0.2) is 0 Å². The summed E-state index contributed by atoms with van der Waals surface area (Å²) in [6, 6.07) is 0. The van der Waals surface area contributed by atoms with Crippen LogP contribution in [0.5, 0.6) is 0 Å². The Hall–Kier alpha value is 0.230. The van der Waals surface area contributed by atoms with E-state index in [-0.39, 0.29) is 17.1 Å². The Morgan fingerprint density at radius 1 is 1.10 bits per heavy atom. The van der Waals surface area contributed by atoms with Gasteiger partial charge in [-0.15, -0.1) is 0 Å². The zero-order valence-corrected chi connectivity index (χ0v) is 14.7. The van der Waals surface area contributed by atoms with Crippen LogP contribution in [0.2, 0.25) is 0 Å². The van der Waals surface area contributed by atoms with Crippen LogP contribution in [0.1, 0.15) is 59.8 Å². The van der Waals surface area contributed by atoms with Gasteiger partial charge in [0.1, 0.15) is 0 Å². The van der Waals surface area contributed by atoms with Gasteiger partial charge >= 0.3 is 0 Å². The molecule has 0 bridgehead atoms. The van der Waals surface area contributed by atoms with E-state index in [1.165, 1.54) is 11.5 Å². The molecule has 21 heavy (non-hydrogen) atoms. The third-order valence-electron chi connectivity index (χ3n) is 5.84. The summed E-state index contributed by atoms with van der Waals surface area (Å²) in [7, 11) is 0. The molecule has 3 heterocycles. The number of aliphatic hydroxyl groups is 1. The fourth-order valence-corrected chi connectivity index (χ4v) is 6.08. The molecule has 3 aliphatic heterocycles. The molecule has 0 aliphatic carbocycles. The molecule has 3 aliphatic rings. The van der Waals surface area contributed by atoms with Crippen LogP contribution in [0.4, 0.5) is 0 Å². The quantitative estimate of drug-likeness (QED) is 0.805. The summed E-state index contributed by atoms with van der Waals surface area (Å²) in [6.07, 6.45) is 4.94. The summed E-state index contributed by atoms with van der Waals surface area (Å²) in [5.74, 6) is 2.67. The summed E-state index contributed by atoms with van der Waals surface area (Å²) in [5, 5.41) is 11.5. The molecular formula is C17H30O3S. The maximum atomic E-state index is 11.5. The van der Waals surface area contributed by atoms with E-state index in [2.05, 4.69) is 27.7 Å². The van der Waals surface area contributed by atoms with Crippen molar-refractivity contribution < 1.29 is 14.6 Å². The van der Waals surface area contributed by atoms with Crippen LogP contribution >= 0.6 is 11.8 Å². The first-order chi connectivity index (χ1) is 9.68. The van der Waals surface area contributed by atoms with Gasteiger partial charge in [0.15, 0.2) is 0 Å². The highest BCUT2D eigenvalue weighted by Crippen LogP contribution is 2.53. The van der Waals surface area contributed by atoms with E-state index in [1.54, 1.807) is 0 Å². The monoisotopic (exact) mass is 314 g/mol. The minimum atomic E-state index is -0.738. The molecule has 3 nitrogen and oxygen atoms in total. The first-order valence-corrected chi connectivity index (χ1v) is 9.48. The number of hydrogen-bond donors (Lipinski definition) is 1. The Bertz CT molecular complexity index is 395. The van der Waals surface area contributed by atoms with Crippen LogP contribution in [0.25, 0.3) is 0 Å². The van der Waals surface area contributed by atoms with Crippen molar-refractivity contribution in [2.45, 2.75) is 82.2 Å². The number of thioether (sulfide) groups is 1. The SMILES string of the molecule is CC1(C)CC(O)(C2CCOC3(CCSCC3)C2)C(C)(C)O1. The second-order valence-corrected chi connectivity index (χ2v) is 9.53. The molecular weight excluding hydrogens is 284 g/mol. The molecule has 2 atom stereocenters. The summed E-state index contributed by atoms with van der Waals surface area (Å²) >= 11 is 2.03. The van der Waals surface area contributed by atoms with E-state index in [4.69, 9.17) is 9.47 Å². The third kappa shape index (κ3) is 2.77. The number of hydrogen-bond acceptors (Lipinski definition) is 4. The van der Waals surface area contributed by atoms with Gasteiger partial charge in [0, 0.05) is 13.0 Å². The second kappa shape index (κ2) is 5.12. The number of ether oxygens (including phenoxy) is 2. The molecule has 1 spiro atoms. The molecule has 3 saturated heterocycles. The Balaban J connectivity index is 1.82. The summed E-state index contributed by atoms with van der Waals surface area (Å²) in [5.41, 5.74) is -1.44. The van der Waals surface area contributed by atoms with Gasteiger partial charge in [-0.05, 0) is 70.8 Å². The van der Waals surface area contributed by atoms with Crippen molar-refractivity contribution in [3.05, 3.63) is 0 Å². The average Bonchev–Trinajstić information content (AvgIpc) is 2.55. The van der Waals surface area contributed by atoms with Gasteiger partial charge in [-0.25, -0.2) is 0 Å². The molecule has 3 fully saturated rings. The molecule has 0 radical (unpaired) electrons. The number of rotatable bonds is 1. The van der Waals surface area contributed by atoms with E-state index in [0.29, 0.717) is 0 Å². The summed E-state index contributed by atoms with van der Waals surface area (Å²) in [6.45, 7) is 9.09. The smallest absolute Gasteiger partial charge is 0.0987 e. The predicted molar refractivity (Wildman–Crippen MR) is 86.8 cm³/mol. The molecule has 2 unspecified atom stereocenters. The first-order valence-electron chi connectivity index (χ1n) is 8.32. The molecule has 4 heteroatoms. The van der Waals surface area contributed by atoms with Gasteiger partial charge in [-0.1, -0.05) is 0 Å².